The molecule has 0 amide bonds. The van der Waals surface area contributed by atoms with E-state index in [1.807, 2.05) is 0 Å². The highest BCUT2D eigenvalue weighted by molar-refractivity contribution is 4.93. The van der Waals surface area contributed by atoms with Gasteiger partial charge in [-0.3, -0.25) is 4.90 Å². The van der Waals surface area contributed by atoms with Gasteiger partial charge in [-0.15, -0.1) is 0 Å². The molecule has 3 atom stereocenters. The van der Waals surface area contributed by atoms with Crippen LogP contribution in [0.2, 0.25) is 0 Å². The van der Waals surface area contributed by atoms with E-state index < -0.39 is 0 Å². The molecule has 2 aliphatic rings. The fourth-order valence-corrected chi connectivity index (χ4v) is 3.53. The van der Waals surface area contributed by atoms with Crippen LogP contribution in [-0.2, 0) is 0 Å². The number of fused-ring (bicyclic) bond motifs is 1. The third kappa shape index (κ3) is 1.98. The van der Waals surface area contributed by atoms with Gasteiger partial charge in [0, 0.05) is 18.1 Å². The molecule has 2 rings (SSSR count). The van der Waals surface area contributed by atoms with E-state index in [1.54, 1.807) is 0 Å². The molecule has 0 aromatic carbocycles. The van der Waals surface area contributed by atoms with E-state index in [0.717, 1.165) is 18.1 Å². The third-order valence-corrected chi connectivity index (χ3v) is 4.24. The molecule has 2 saturated heterocycles. The van der Waals surface area contributed by atoms with Gasteiger partial charge in [0.1, 0.15) is 0 Å². The normalized spacial score (nSPS) is 38.6. The summed E-state index contributed by atoms with van der Waals surface area (Å²) in [6.07, 6.45) is 11.6. The molecular formula is C13H25N. The minimum absolute atomic E-state index is 0.873. The lowest BCUT2D eigenvalue weighted by Gasteiger charge is -2.39. The molecule has 0 radical (unpaired) electrons. The molecule has 2 heterocycles. The Morgan fingerprint density at radius 2 is 2.00 bits per heavy atom. The van der Waals surface area contributed by atoms with E-state index in [2.05, 4.69) is 18.7 Å². The number of hydrogen-bond donors (Lipinski definition) is 0. The number of nitrogens with zero attached hydrogens (tertiary/aromatic N) is 1. The fraction of sp³-hybridized carbons (Fsp3) is 1.00. The van der Waals surface area contributed by atoms with Crippen molar-refractivity contribution >= 4 is 0 Å². The van der Waals surface area contributed by atoms with E-state index in [0.29, 0.717) is 0 Å². The van der Waals surface area contributed by atoms with Crippen LogP contribution in [0.5, 0.6) is 0 Å². The first-order chi connectivity index (χ1) is 6.83. The summed E-state index contributed by atoms with van der Waals surface area (Å²) in [4.78, 5) is 2.86. The van der Waals surface area contributed by atoms with Gasteiger partial charge in [0.15, 0.2) is 0 Å². The SMILES string of the molecule is CCCC[C@@H]1CC[C@H]2CCC[C@@H](C)N12. The number of rotatable bonds is 3. The lowest BCUT2D eigenvalue weighted by atomic mass is 9.97. The number of piperidine rings is 1. The second kappa shape index (κ2) is 4.65. The van der Waals surface area contributed by atoms with Crippen molar-refractivity contribution in [3.8, 4) is 0 Å². The van der Waals surface area contributed by atoms with Crippen LogP contribution in [0.1, 0.15) is 65.2 Å². The zero-order chi connectivity index (χ0) is 9.97. The summed E-state index contributed by atoms with van der Waals surface area (Å²) in [6, 6.07) is 2.77. The van der Waals surface area contributed by atoms with Crippen LogP contribution in [0.15, 0.2) is 0 Å². The third-order valence-electron chi connectivity index (χ3n) is 4.24. The van der Waals surface area contributed by atoms with Gasteiger partial charge in [-0.05, 0) is 39.0 Å². The molecule has 2 aliphatic heterocycles. The maximum atomic E-state index is 2.86. The first-order valence-electron chi connectivity index (χ1n) is 6.60. The first-order valence-corrected chi connectivity index (χ1v) is 6.60. The van der Waals surface area contributed by atoms with Gasteiger partial charge in [0.2, 0.25) is 0 Å². The Balaban J connectivity index is 1.92. The molecule has 0 bridgehead atoms. The molecule has 14 heavy (non-hydrogen) atoms. The molecule has 0 unspecified atom stereocenters. The average molecular weight is 195 g/mol. The van der Waals surface area contributed by atoms with Crippen molar-refractivity contribution < 1.29 is 0 Å². The predicted molar refractivity (Wildman–Crippen MR) is 61.5 cm³/mol. The highest BCUT2D eigenvalue weighted by Crippen LogP contribution is 2.36. The summed E-state index contributed by atoms with van der Waals surface area (Å²) in [5.74, 6) is 0. The van der Waals surface area contributed by atoms with Gasteiger partial charge in [0.05, 0.1) is 0 Å². The van der Waals surface area contributed by atoms with Crippen molar-refractivity contribution in [2.45, 2.75) is 83.3 Å². The van der Waals surface area contributed by atoms with Gasteiger partial charge in [0.25, 0.3) is 0 Å². The summed E-state index contributed by atoms with van der Waals surface area (Å²) < 4.78 is 0. The van der Waals surface area contributed by atoms with Crippen LogP contribution in [-0.4, -0.2) is 23.0 Å². The Hall–Kier alpha value is -0.0400. The van der Waals surface area contributed by atoms with Crippen LogP contribution in [0.25, 0.3) is 0 Å². The van der Waals surface area contributed by atoms with Crippen molar-refractivity contribution in [1.82, 2.24) is 4.90 Å². The fourth-order valence-electron chi connectivity index (χ4n) is 3.53. The van der Waals surface area contributed by atoms with E-state index in [1.165, 1.54) is 51.4 Å². The van der Waals surface area contributed by atoms with Gasteiger partial charge in [-0.25, -0.2) is 0 Å². The van der Waals surface area contributed by atoms with Crippen LogP contribution < -0.4 is 0 Å². The van der Waals surface area contributed by atoms with Gasteiger partial charge in [-0.1, -0.05) is 26.2 Å². The highest BCUT2D eigenvalue weighted by Gasteiger charge is 2.37. The predicted octanol–water partition coefficient (Wildman–Crippen LogP) is 3.58. The molecule has 0 saturated carbocycles. The number of hydrogen-bond acceptors (Lipinski definition) is 1. The highest BCUT2D eigenvalue weighted by atomic mass is 15.2. The van der Waals surface area contributed by atoms with Gasteiger partial charge >= 0.3 is 0 Å². The zero-order valence-corrected chi connectivity index (χ0v) is 9.84. The van der Waals surface area contributed by atoms with Crippen molar-refractivity contribution in [2.24, 2.45) is 0 Å². The molecule has 0 aromatic heterocycles. The Kier molecular flexibility index (Phi) is 3.48. The molecule has 0 N–H and O–H groups in total. The first kappa shape index (κ1) is 10.5. The molecule has 1 nitrogen and oxygen atoms in total. The zero-order valence-electron chi connectivity index (χ0n) is 9.84. The summed E-state index contributed by atoms with van der Waals surface area (Å²) in [5, 5.41) is 0. The average Bonchev–Trinajstić information content (AvgIpc) is 2.59. The monoisotopic (exact) mass is 195 g/mol. The molecule has 0 aromatic rings. The topological polar surface area (TPSA) is 3.24 Å². The minimum atomic E-state index is 0.873. The smallest absolute Gasteiger partial charge is 0.0102 e. The van der Waals surface area contributed by atoms with Gasteiger partial charge < -0.3 is 0 Å². The second-order valence-electron chi connectivity index (χ2n) is 5.25. The quantitative estimate of drug-likeness (QED) is 0.665. The molecule has 82 valence electrons. The molecule has 0 aliphatic carbocycles. The lowest BCUT2D eigenvalue weighted by molar-refractivity contribution is 0.0875. The molecule has 2 fully saturated rings. The summed E-state index contributed by atoms with van der Waals surface area (Å²) in [6.45, 7) is 4.75. The Morgan fingerprint density at radius 1 is 1.14 bits per heavy atom. The standard InChI is InChI=1S/C13H25N/c1-3-4-7-12-9-10-13-8-5-6-11(2)14(12)13/h11-13H,3-10H2,1-2H3/t11-,12-,13-/m1/s1. The number of unbranched alkanes of at least 4 members (excludes halogenated alkanes) is 1. The van der Waals surface area contributed by atoms with Crippen LogP contribution in [0.4, 0.5) is 0 Å². The lowest BCUT2D eigenvalue weighted by Crippen LogP contribution is -2.45. The molecular weight excluding hydrogens is 170 g/mol. The summed E-state index contributed by atoms with van der Waals surface area (Å²) in [5.41, 5.74) is 0. The van der Waals surface area contributed by atoms with Crippen molar-refractivity contribution in [3.63, 3.8) is 0 Å². The van der Waals surface area contributed by atoms with Crippen molar-refractivity contribution in [3.05, 3.63) is 0 Å². The Labute approximate surface area is 88.9 Å². The Morgan fingerprint density at radius 3 is 2.79 bits per heavy atom. The molecule has 0 spiro atoms. The van der Waals surface area contributed by atoms with E-state index in [9.17, 15) is 0 Å². The second-order valence-corrected chi connectivity index (χ2v) is 5.25. The largest absolute Gasteiger partial charge is 0.295 e. The summed E-state index contributed by atoms with van der Waals surface area (Å²) in [7, 11) is 0. The maximum Gasteiger partial charge on any atom is 0.0102 e. The Bertz CT molecular complexity index is 178. The van der Waals surface area contributed by atoms with Crippen LogP contribution >= 0.6 is 0 Å². The summed E-state index contributed by atoms with van der Waals surface area (Å²) >= 11 is 0. The van der Waals surface area contributed by atoms with Crippen molar-refractivity contribution in [2.75, 3.05) is 0 Å². The van der Waals surface area contributed by atoms with E-state index in [4.69, 9.17) is 0 Å². The molecule has 1 heteroatoms. The van der Waals surface area contributed by atoms with Crippen LogP contribution in [0, 0.1) is 0 Å². The maximum absolute atomic E-state index is 2.86. The minimum Gasteiger partial charge on any atom is -0.295 e. The van der Waals surface area contributed by atoms with Crippen LogP contribution in [0.3, 0.4) is 0 Å². The van der Waals surface area contributed by atoms with Crippen molar-refractivity contribution in [1.29, 1.82) is 0 Å². The van der Waals surface area contributed by atoms with E-state index >= 15 is 0 Å². The van der Waals surface area contributed by atoms with Gasteiger partial charge in [-0.2, -0.15) is 0 Å². The van der Waals surface area contributed by atoms with E-state index in [-0.39, 0.29) is 0 Å².